The summed E-state index contributed by atoms with van der Waals surface area (Å²) < 4.78 is 17.1. The third-order valence-corrected chi connectivity index (χ3v) is 4.79. The normalized spacial score (nSPS) is 12.8. The van der Waals surface area contributed by atoms with Gasteiger partial charge in [-0.2, -0.15) is 0 Å². The smallest absolute Gasteiger partial charge is 0.257 e. The standard InChI is InChI=1S/C25H28N2O6/c1-16(15-31-3)32-21-11-20(24(28)27-23-10-9-19(14-26-23)25(29)30)12-22(13-21)33-17(2)18-7-5-4-6-8-18/h4-14,16-17,25,29-30H,15H2,1-3H3,(H,26,27,28). The molecule has 0 bridgehead atoms. The third-order valence-electron chi connectivity index (χ3n) is 4.79. The number of anilines is 1. The van der Waals surface area contributed by atoms with Crippen molar-refractivity contribution < 1.29 is 29.2 Å². The highest BCUT2D eigenvalue weighted by molar-refractivity contribution is 6.04. The van der Waals surface area contributed by atoms with Crippen LogP contribution in [0.1, 0.15) is 47.7 Å². The lowest BCUT2D eigenvalue weighted by molar-refractivity contribution is -0.0427. The van der Waals surface area contributed by atoms with Crippen molar-refractivity contribution >= 4 is 11.7 Å². The second-order valence-corrected chi connectivity index (χ2v) is 7.55. The van der Waals surface area contributed by atoms with E-state index in [-0.39, 0.29) is 23.6 Å². The van der Waals surface area contributed by atoms with Crippen LogP contribution in [0, 0.1) is 0 Å². The first-order valence-electron chi connectivity index (χ1n) is 10.5. The predicted octanol–water partition coefficient (Wildman–Crippen LogP) is 3.87. The maximum Gasteiger partial charge on any atom is 0.257 e. The Balaban J connectivity index is 1.83. The molecular weight excluding hydrogens is 424 g/mol. The number of methoxy groups -OCH3 is 1. The Morgan fingerprint density at radius 2 is 1.67 bits per heavy atom. The van der Waals surface area contributed by atoms with Gasteiger partial charge in [-0.15, -0.1) is 0 Å². The number of aromatic nitrogens is 1. The average Bonchev–Trinajstić information content (AvgIpc) is 2.80. The van der Waals surface area contributed by atoms with Gasteiger partial charge in [-0.3, -0.25) is 4.79 Å². The number of rotatable bonds is 10. The molecule has 33 heavy (non-hydrogen) atoms. The fourth-order valence-corrected chi connectivity index (χ4v) is 3.16. The van der Waals surface area contributed by atoms with Crippen molar-refractivity contribution in [2.75, 3.05) is 19.0 Å². The molecular formula is C25H28N2O6. The van der Waals surface area contributed by atoms with Crippen molar-refractivity contribution in [1.29, 1.82) is 0 Å². The van der Waals surface area contributed by atoms with E-state index in [9.17, 15) is 15.0 Å². The molecule has 8 nitrogen and oxygen atoms in total. The van der Waals surface area contributed by atoms with Crippen LogP contribution in [0.2, 0.25) is 0 Å². The number of aliphatic hydroxyl groups excluding tert-OH is 1. The molecule has 8 heteroatoms. The number of carbonyl (C=O) groups is 1. The molecule has 3 aromatic rings. The number of amides is 1. The molecule has 0 aliphatic heterocycles. The minimum Gasteiger partial charge on any atom is -0.488 e. The lowest BCUT2D eigenvalue weighted by Gasteiger charge is -2.19. The number of nitrogens with one attached hydrogen (secondary N) is 1. The zero-order valence-electron chi connectivity index (χ0n) is 18.8. The molecule has 0 saturated carbocycles. The number of hydrogen-bond donors (Lipinski definition) is 3. The first-order chi connectivity index (χ1) is 15.9. The molecule has 0 fully saturated rings. The Hall–Kier alpha value is -3.46. The quantitative estimate of drug-likeness (QED) is 0.401. The van der Waals surface area contributed by atoms with E-state index in [0.29, 0.717) is 23.7 Å². The highest BCUT2D eigenvalue weighted by Gasteiger charge is 2.15. The fraction of sp³-hybridized carbons (Fsp3) is 0.280. The summed E-state index contributed by atoms with van der Waals surface area (Å²) >= 11 is 0. The monoisotopic (exact) mass is 452 g/mol. The van der Waals surface area contributed by atoms with Crippen molar-refractivity contribution in [1.82, 2.24) is 4.98 Å². The van der Waals surface area contributed by atoms with Gasteiger partial charge in [0.15, 0.2) is 6.29 Å². The van der Waals surface area contributed by atoms with E-state index in [1.165, 1.54) is 18.3 Å². The fourth-order valence-electron chi connectivity index (χ4n) is 3.16. The highest BCUT2D eigenvalue weighted by atomic mass is 16.5. The Kier molecular flexibility index (Phi) is 8.37. The average molecular weight is 453 g/mol. The molecule has 3 rings (SSSR count). The van der Waals surface area contributed by atoms with Crippen molar-refractivity contribution in [2.24, 2.45) is 0 Å². The summed E-state index contributed by atoms with van der Waals surface area (Å²) in [5.74, 6) is 0.796. The van der Waals surface area contributed by atoms with E-state index < -0.39 is 12.2 Å². The first kappa shape index (κ1) is 24.2. The van der Waals surface area contributed by atoms with Gasteiger partial charge in [-0.05, 0) is 43.7 Å². The molecule has 0 aliphatic carbocycles. The first-order valence-corrected chi connectivity index (χ1v) is 10.5. The molecule has 0 aliphatic rings. The number of nitrogens with zero attached hydrogens (tertiary/aromatic N) is 1. The van der Waals surface area contributed by atoms with Gasteiger partial charge in [-0.1, -0.05) is 30.3 Å². The summed E-state index contributed by atoms with van der Waals surface area (Å²) in [6, 6.07) is 17.7. The van der Waals surface area contributed by atoms with E-state index in [1.807, 2.05) is 44.2 Å². The topological polar surface area (TPSA) is 110 Å². The summed E-state index contributed by atoms with van der Waals surface area (Å²) in [6.07, 6.45) is -0.821. The molecule has 0 radical (unpaired) electrons. The van der Waals surface area contributed by atoms with Crippen molar-refractivity contribution in [3.63, 3.8) is 0 Å². The highest BCUT2D eigenvalue weighted by Crippen LogP contribution is 2.28. The van der Waals surface area contributed by atoms with Gasteiger partial charge in [-0.25, -0.2) is 4.98 Å². The van der Waals surface area contributed by atoms with E-state index in [4.69, 9.17) is 14.2 Å². The maximum atomic E-state index is 12.9. The van der Waals surface area contributed by atoms with Crippen molar-refractivity contribution in [3.8, 4) is 11.5 Å². The molecule has 2 unspecified atom stereocenters. The van der Waals surface area contributed by atoms with Crippen LogP contribution in [0.4, 0.5) is 5.82 Å². The van der Waals surface area contributed by atoms with Gasteiger partial charge >= 0.3 is 0 Å². The molecule has 3 N–H and O–H groups in total. The van der Waals surface area contributed by atoms with E-state index in [2.05, 4.69) is 10.3 Å². The number of pyridine rings is 1. The summed E-state index contributed by atoms with van der Waals surface area (Å²) in [5.41, 5.74) is 1.54. The van der Waals surface area contributed by atoms with Gasteiger partial charge < -0.3 is 29.7 Å². The summed E-state index contributed by atoms with van der Waals surface area (Å²) in [4.78, 5) is 17.0. The lowest BCUT2D eigenvalue weighted by Crippen LogP contribution is -2.19. The summed E-state index contributed by atoms with van der Waals surface area (Å²) in [5, 5.41) is 21.1. The van der Waals surface area contributed by atoms with Crippen LogP contribution in [0.3, 0.4) is 0 Å². The van der Waals surface area contributed by atoms with Gasteiger partial charge in [0, 0.05) is 30.5 Å². The molecule has 1 heterocycles. The number of ether oxygens (including phenoxy) is 3. The Morgan fingerprint density at radius 1 is 0.970 bits per heavy atom. The second-order valence-electron chi connectivity index (χ2n) is 7.55. The van der Waals surface area contributed by atoms with Gasteiger partial charge in [0.1, 0.15) is 29.5 Å². The Bertz CT molecular complexity index is 1040. The SMILES string of the molecule is COCC(C)Oc1cc(OC(C)c2ccccc2)cc(C(=O)Nc2ccc(C(O)O)cn2)c1. The second kappa shape index (κ2) is 11.4. The number of hydrogen-bond acceptors (Lipinski definition) is 7. The van der Waals surface area contributed by atoms with Crippen molar-refractivity contribution in [3.05, 3.63) is 83.6 Å². The number of benzene rings is 2. The predicted molar refractivity (Wildman–Crippen MR) is 123 cm³/mol. The van der Waals surface area contributed by atoms with E-state index in [1.54, 1.807) is 25.3 Å². The number of aliphatic hydroxyl groups is 2. The molecule has 1 aromatic heterocycles. The molecule has 174 valence electrons. The largest absolute Gasteiger partial charge is 0.488 e. The molecule has 0 saturated heterocycles. The van der Waals surface area contributed by atoms with Crippen LogP contribution in [-0.2, 0) is 4.74 Å². The Morgan fingerprint density at radius 3 is 2.27 bits per heavy atom. The molecule has 1 amide bonds. The zero-order valence-corrected chi connectivity index (χ0v) is 18.8. The minimum absolute atomic E-state index is 0.223. The van der Waals surface area contributed by atoms with Crippen LogP contribution >= 0.6 is 0 Å². The molecule has 2 atom stereocenters. The maximum absolute atomic E-state index is 12.9. The minimum atomic E-state index is -1.63. The third kappa shape index (κ3) is 7.01. The summed E-state index contributed by atoms with van der Waals surface area (Å²) in [7, 11) is 1.59. The van der Waals surface area contributed by atoms with Crippen molar-refractivity contribution in [2.45, 2.75) is 32.3 Å². The molecule has 0 spiro atoms. The van der Waals surface area contributed by atoms with E-state index >= 15 is 0 Å². The lowest BCUT2D eigenvalue weighted by atomic mass is 10.1. The Labute approximate surface area is 192 Å². The van der Waals surface area contributed by atoms with Crippen LogP contribution < -0.4 is 14.8 Å². The van der Waals surface area contributed by atoms with Gasteiger partial charge in [0.25, 0.3) is 5.91 Å². The van der Waals surface area contributed by atoms with Crippen LogP contribution in [0.25, 0.3) is 0 Å². The van der Waals surface area contributed by atoms with Crippen LogP contribution in [0.5, 0.6) is 11.5 Å². The molecule has 2 aromatic carbocycles. The summed E-state index contributed by atoms with van der Waals surface area (Å²) in [6.45, 7) is 4.18. The van der Waals surface area contributed by atoms with Gasteiger partial charge in [0.2, 0.25) is 0 Å². The zero-order chi connectivity index (χ0) is 23.8. The van der Waals surface area contributed by atoms with Crippen LogP contribution in [0.15, 0.2) is 66.9 Å². The van der Waals surface area contributed by atoms with E-state index in [0.717, 1.165) is 5.56 Å². The number of carbonyl (C=O) groups excluding carboxylic acids is 1. The van der Waals surface area contributed by atoms with Gasteiger partial charge in [0.05, 0.1) is 6.61 Å². The van der Waals surface area contributed by atoms with Crippen LogP contribution in [-0.4, -0.2) is 40.9 Å².